The van der Waals surface area contributed by atoms with Crippen molar-refractivity contribution < 1.29 is 0 Å². The topological polar surface area (TPSA) is 94.0 Å². The summed E-state index contributed by atoms with van der Waals surface area (Å²) in [6, 6.07) is 36.8. The summed E-state index contributed by atoms with van der Waals surface area (Å²) in [5, 5.41) is 28.3. The van der Waals surface area contributed by atoms with Gasteiger partial charge in [-0.25, -0.2) is 0 Å². The lowest BCUT2D eigenvalue weighted by molar-refractivity contribution is 0.204. The molecule has 0 saturated carbocycles. The van der Waals surface area contributed by atoms with Crippen LogP contribution in [0.3, 0.4) is 0 Å². The van der Waals surface area contributed by atoms with E-state index in [4.69, 9.17) is 4.98 Å². The second-order valence-electron chi connectivity index (χ2n) is 11.8. The average molecular weight is 594 g/mol. The zero-order chi connectivity index (χ0) is 31.3. The standard InChI is InChI=1S/C38H39N7/c39-23-31-8-3-11-34(20-31)26-43-16-1-2-17-44(27-35-12-4-9-32(21-35)24-40)29-37-14-6-15-38(42-37)30-45(19-7-18-43)28-36-13-5-10-33(22-36)25-41/h3-6,8-15,20-22H,1-2,7,16-19,26-30H2. The smallest absolute Gasteiger partial charge is 0.0991 e. The minimum absolute atomic E-state index is 0.678. The predicted octanol–water partition coefficient (Wildman–Crippen LogP) is 6.39. The van der Waals surface area contributed by atoms with E-state index in [9.17, 15) is 15.8 Å². The normalized spacial score (nSPS) is 15.6. The van der Waals surface area contributed by atoms with E-state index in [-0.39, 0.29) is 0 Å². The van der Waals surface area contributed by atoms with Crippen molar-refractivity contribution in [3.63, 3.8) is 0 Å². The second-order valence-corrected chi connectivity index (χ2v) is 11.8. The van der Waals surface area contributed by atoms with Gasteiger partial charge >= 0.3 is 0 Å². The van der Waals surface area contributed by atoms with Crippen molar-refractivity contribution in [2.45, 2.75) is 52.0 Å². The van der Waals surface area contributed by atoms with Crippen LogP contribution >= 0.6 is 0 Å². The van der Waals surface area contributed by atoms with E-state index < -0.39 is 0 Å². The van der Waals surface area contributed by atoms with Crippen LogP contribution in [0, 0.1) is 34.0 Å². The van der Waals surface area contributed by atoms with Gasteiger partial charge < -0.3 is 0 Å². The molecule has 226 valence electrons. The summed E-state index contributed by atoms with van der Waals surface area (Å²) in [7, 11) is 0. The number of pyridine rings is 1. The third kappa shape index (κ3) is 9.83. The highest BCUT2D eigenvalue weighted by Crippen LogP contribution is 2.17. The van der Waals surface area contributed by atoms with Gasteiger partial charge in [0.05, 0.1) is 46.3 Å². The maximum atomic E-state index is 9.45. The summed E-state index contributed by atoms with van der Waals surface area (Å²) >= 11 is 0. The maximum absolute atomic E-state index is 9.45. The van der Waals surface area contributed by atoms with Crippen LogP contribution in [0.4, 0.5) is 0 Å². The van der Waals surface area contributed by atoms with E-state index in [2.05, 4.69) is 69.3 Å². The highest BCUT2D eigenvalue weighted by Gasteiger charge is 2.15. The Hall–Kier alpha value is -4.84. The second kappa shape index (κ2) is 16.3. The first kappa shape index (κ1) is 31.6. The number of hydrogen-bond donors (Lipinski definition) is 0. The Kier molecular flexibility index (Phi) is 11.4. The fraction of sp³-hybridized carbons (Fsp3) is 0.316. The molecule has 4 aromatic rings. The number of aromatic nitrogens is 1. The van der Waals surface area contributed by atoms with Crippen LogP contribution < -0.4 is 0 Å². The summed E-state index contributed by atoms with van der Waals surface area (Å²) in [5.74, 6) is 0. The van der Waals surface area contributed by atoms with Gasteiger partial charge in [-0.15, -0.1) is 0 Å². The molecular formula is C38H39N7. The van der Waals surface area contributed by atoms with E-state index in [0.29, 0.717) is 16.7 Å². The molecule has 0 aliphatic carbocycles. The molecule has 5 rings (SSSR count). The van der Waals surface area contributed by atoms with Crippen LogP contribution in [0.1, 0.15) is 64.0 Å². The molecule has 7 nitrogen and oxygen atoms in total. The molecule has 0 amide bonds. The lowest BCUT2D eigenvalue weighted by Crippen LogP contribution is -2.31. The fourth-order valence-corrected chi connectivity index (χ4v) is 6.04. The van der Waals surface area contributed by atoms with Crippen molar-refractivity contribution in [3.8, 4) is 18.2 Å². The Morgan fingerprint density at radius 1 is 0.489 bits per heavy atom. The van der Waals surface area contributed by atoms with Crippen molar-refractivity contribution in [1.82, 2.24) is 19.7 Å². The van der Waals surface area contributed by atoms with E-state index in [0.717, 1.165) is 106 Å². The number of nitriles is 3. The van der Waals surface area contributed by atoms with Gasteiger partial charge in [0.25, 0.3) is 0 Å². The van der Waals surface area contributed by atoms with Crippen LogP contribution in [0.5, 0.6) is 0 Å². The van der Waals surface area contributed by atoms with Gasteiger partial charge in [0, 0.05) is 39.3 Å². The third-order valence-corrected chi connectivity index (χ3v) is 8.17. The number of nitrogens with zero attached hydrogens (tertiary/aromatic N) is 7. The molecule has 0 N–H and O–H groups in total. The molecule has 1 aliphatic heterocycles. The lowest BCUT2D eigenvalue weighted by Gasteiger charge is -2.26. The molecule has 1 aromatic heterocycles. The maximum Gasteiger partial charge on any atom is 0.0991 e. The fourth-order valence-electron chi connectivity index (χ4n) is 6.04. The zero-order valence-electron chi connectivity index (χ0n) is 25.8. The highest BCUT2D eigenvalue weighted by atomic mass is 15.2. The molecule has 45 heavy (non-hydrogen) atoms. The average Bonchev–Trinajstić information content (AvgIpc) is 3.06. The molecule has 2 bridgehead atoms. The molecule has 0 spiro atoms. The Bertz CT molecular complexity index is 1690. The van der Waals surface area contributed by atoms with Gasteiger partial charge in [-0.2, -0.15) is 15.8 Å². The van der Waals surface area contributed by atoms with Gasteiger partial charge in [0.1, 0.15) is 0 Å². The van der Waals surface area contributed by atoms with Gasteiger partial charge in [-0.3, -0.25) is 19.7 Å². The molecule has 0 saturated heterocycles. The van der Waals surface area contributed by atoms with Crippen molar-refractivity contribution in [2.75, 3.05) is 26.2 Å². The Labute approximate surface area is 267 Å². The van der Waals surface area contributed by atoms with Gasteiger partial charge in [-0.05, 0) is 104 Å². The van der Waals surface area contributed by atoms with E-state index in [1.54, 1.807) is 0 Å². The lowest BCUT2D eigenvalue weighted by atomic mass is 10.1. The minimum atomic E-state index is 0.678. The zero-order valence-corrected chi connectivity index (χ0v) is 25.8. The van der Waals surface area contributed by atoms with E-state index >= 15 is 0 Å². The van der Waals surface area contributed by atoms with Gasteiger partial charge in [0.2, 0.25) is 0 Å². The summed E-state index contributed by atoms with van der Waals surface area (Å²) in [4.78, 5) is 12.5. The highest BCUT2D eigenvalue weighted by molar-refractivity contribution is 5.34. The Morgan fingerprint density at radius 2 is 0.867 bits per heavy atom. The molecule has 3 aromatic carbocycles. The third-order valence-electron chi connectivity index (χ3n) is 8.17. The van der Waals surface area contributed by atoms with Crippen LogP contribution in [0.2, 0.25) is 0 Å². The molecule has 0 fully saturated rings. The summed E-state index contributed by atoms with van der Waals surface area (Å²) in [6.45, 7) is 7.53. The molecule has 7 heteroatoms. The molecular weight excluding hydrogens is 554 g/mol. The largest absolute Gasteiger partial charge is 0.299 e. The predicted molar refractivity (Wildman–Crippen MR) is 175 cm³/mol. The Morgan fingerprint density at radius 3 is 1.33 bits per heavy atom. The van der Waals surface area contributed by atoms with Crippen molar-refractivity contribution >= 4 is 0 Å². The molecule has 2 heterocycles. The van der Waals surface area contributed by atoms with Crippen molar-refractivity contribution in [3.05, 3.63) is 136 Å². The summed E-state index contributed by atoms with van der Waals surface area (Å²) < 4.78 is 0. The summed E-state index contributed by atoms with van der Waals surface area (Å²) in [5.41, 5.74) is 7.56. The van der Waals surface area contributed by atoms with E-state index in [1.165, 1.54) is 0 Å². The molecule has 1 aliphatic rings. The van der Waals surface area contributed by atoms with Crippen LogP contribution in [-0.4, -0.2) is 45.9 Å². The molecule has 0 radical (unpaired) electrons. The number of fused-ring (bicyclic) bond motifs is 2. The number of rotatable bonds is 6. The van der Waals surface area contributed by atoms with Crippen LogP contribution in [-0.2, 0) is 32.7 Å². The number of hydrogen-bond acceptors (Lipinski definition) is 7. The van der Waals surface area contributed by atoms with Crippen LogP contribution in [0.25, 0.3) is 0 Å². The van der Waals surface area contributed by atoms with Crippen molar-refractivity contribution in [2.24, 2.45) is 0 Å². The first-order chi connectivity index (χ1) is 22.1. The SMILES string of the molecule is N#Cc1cccc(CN2CCCCN(Cc3cccc(C#N)c3)Cc3cccc(n3)CN(Cc3cccc(C#N)c3)CCC2)c1. The molecule has 0 unspecified atom stereocenters. The summed E-state index contributed by atoms with van der Waals surface area (Å²) in [6.07, 6.45) is 3.11. The van der Waals surface area contributed by atoms with Gasteiger partial charge in [-0.1, -0.05) is 42.5 Å². The Balaban J connectivity index is 1.38. The number of benzene rings is 3. The minimum Gasteiger partial charge on any atom is -0.299 e. The first-order valence-electron chi connectivity index (χ1n) is 15.7. The monoisotopic (exact) mass is 593 g/mol. The first-order valence-corrected chi connectivity index (χ1v) is 15.7. The quantitative estimate of drug-likeness (QED) is 0.256. The van der Waals surface area contributed by atoms with Gasteiger partial charge in [0.15, 0.2) is 0 Å². The van der Waals surface area contributed by atoms with E-state index in [1.807, 2.05) is 54.6 Å². The van der Waals surface area contributed by atoms with Crippen LogP contribution in [0.15, 0.2) is 91.0 Å². The molecule has 0 atom stereocenters. The van der Waals surface area contributed by atoms with Crippen molar-refractivity contribution in [1.29, 1.82) is 15.8 Å².